The highest BCUT2D eigenvalue weighted by atomic mass is 19.4. The van der Waals surface area contributed by atoms with Crippen molar-refractivity contribution in [1.29, 1.82) is 0 Å². The molecule has 0 aliphatic heterocycles. The Morgan fingerprint density at radius 1 is 0.529 bits per heavy atom. The van der Waals surface area contributed by atoms with Gasteiger partial charge in [0, 0.05) is 24.5 Å². The van der Waals surface area contributed by atoms with E-state index in [9.17, 15) is 26.3 Å². The first-order valence-electron chi connectivity index (χ1n) is 10.7. The van der Waals surface area contributed by atoms with Crippen LogP contribution in [0.15, 0.2) is 66.7 Å². The van der Waals surface area contributed by atoms with Gasteiger partial charge in [0.2, 0.25) is 0 Å². The molecule has 2 N–H and O–H groups in total. The van der Waals surface area contributed by atoms with Crippen molar-refractivity contribution in [3.8, 4) is 0 Å². The molecule has 8 heteroatoms. The van der Waals surface area contributed by atoms with Crippen LogP contribution in [0, 0.1) is 0 Å². The van der Waals surface area contributed by atoms with Crippen molar-refractivity contribution >= 4 is 11.4 Å². The zero-order valence-electron chi connectivity index (χ0n) is 19.0. The molecule has 0 heterocycles. The van der Waals surface area contributed by atoms with Gasteiger partial charge in [-0.25, -0.2) is 0 Å². The summed E-state index contributed by atoms with van der Waals surface area (Å²) in [7, 11) is 0. The highest BCUT2D eigenvalue weighted by molar-refractivity contribution is 5.60. The predicted octanol–water partition coefficient (Wildman–Crippen LogP) is 8.25. The summed E-state index contributed by atoms with van der Waals surface area (Å²) in [6, 6.07) is 15.9. The standard InChI is InChI=1S/C26H26F6N2/c1-24(2,3)19-8-4-17(5-9-19)15-33-22-12-21(26(30,31)32)13-23(14-22)34-16-18-6-10-20(11-7-18)25(27,28)29/h4-14,33-34H,15-16H2,1-3H3. The second kappa shape index (κ2) is 9.60. The van der Waals surface area contributed by atoms with Crippen LogP contribution in [0.3, 0.4) is 0 Å². The topological polar surface area (TPSA) is 24.1 Å². The summed E-state index contributed by atoms with van der Waals surface area (Å²) in [5.41, 5.74) is 1.48. The predicted molar refractivity (Wildman–Crippen MR) is 123 cm³/mol. The van der Waals surface area contributed by atoms with Crippen LogP contribution < -0.4 is 10.6 Å². The average molecular weight is 480 g/mol. The van der Waals surface area contributed by atoms with Crippen LogP contribution in [-0.4, -0.2) is 0 Å². The van der Waals surface area contributed by atoms with Crippen LogP contribution in [0.4, 0.5) is 37.7 Å². The summed E-state index contributed by atoms with van der Waals surface area (Å²) in [5, 5.41) is 5.90. The molecule has 3 rings (SSSR count). The second-order valence-electron chi connectivity index (χ2n) is 9.15. The van der Waals surface area contributed by atoms with Crippen LogP contribution >= 0.6 is 0 Å². The number of nitrogens with one attached hydrogen (secondary N) is 2. The van der Waals surface area contributed by atoms with Gasteiger partial charge in [-0.15, -0.1) is 0 Å². The maximum absolute atomic E-state index is 13.4. The Morgan fingerprint density at radius 2 is 0.912 bits per heavy atom. The minimum atomic E-state index is -4.54. The first-order chi connectivity index (χ1) is 15.7. The Kier molecular flexibility index (Phi) is 7.19. The number of hydrogen-bond donors (Lipinski definition) is 2. The Bertz CT molecular complexity index is 1010. The highest BCUT2D eigenvalue weighted by Gasteiger charge is 2.31. The quantitative estimate of drug-likeness (QED) is 0.347. The van der Waals surface area contributed by atoms with Gasteiger partial charge in [-0.2, -0.15) is 26.3 Å². The van der Waals surface area contributed by atoms with Crippen molar-refractivity contribution in [2.45, 2.75) is 51.6 Å². The van der Waals surface area contributed by atoms with E-state index in [4.69, 9.17) is 0 Å². The third kappa shape index (κ3) is 6.92. The van der Waals surface area contributed by atoms with Crippen LogP contribution in [0.1, 0.15) is 48.6 Å². The van der Waals surface area contributed by atoms with Crippen molar-refractivity contribution < 1.29 is 26.3 Å². The first-order valence-corrected chi connectivity index (χ1v) is 10.7. The van der Waals surface area contributed by atoms with Crippen LogP contribution in [0.5, 0.6) is 0 Å². The maximum Gasteiger partial charge on any atom is 0.416 e. The van der Waals surface area contributed by atoms with Crippen molar-refractivity contribution in [1.82, 2.24) is 0 Å². The van der Waals surface area contributed by atoms with Gasteiger partial charge in [0.15, 0.2) is 0 Å². The van der Waals surface area contributed by atoms with E-state index in [2.05, 4.69) is 31.4 Å². The van der Waals surface area contributed by atoms with E-state index < -0.39 is 23.5 Å². The van der Waals surface area contributed by atoms with E-state index >= 15 is 0 Å². The van der Waals surface area contributed by atoms with E-state index in [1.807, 2.05) is 24.3 Å². The smallest absolute Gasteiger partial charge is 0.381 e. The van der Waals surface area contributed by atoms with Crippen molar-refractivity contribution in [3.05, 3.63) is 94.5 Å². The largest absolute Gasteiger partial charge is 0.416 e. The number of rotatable bonds is 6. The minimum absolute atomic E-state index is 0.000630. The molecule has 182 valence electrons. The van der Waals surface area contributed by atoms with Crippen LogP contribution in [0.25, 0.3) is 0 Å². The van der Waals surface area contributed by atoms with Gasteiger partial charge in [-0.05, 0) is 52.4 Å². The molecule has 0 saturated heterocycles. The van der Waals surface area contributed by atoms with Crippen molar-refractivity contribution in [2.24, 2.45) is 0 Å². The molecule has 0 radical (unpaired) electrons. The number of alkyl halides is 6. The molecule has 0 aromatic heterocycles. The second-order valence-corrected chi connectivity index (χ2v) is 9.15. The third-order valence-electron chi connectivity index (χ3n) is 5.35. The fourth-order valence-corrected chi connectivity index (χ4v) is 3.34. The van der Waals surface area contributed by atoms with Gasteiger partial charge in [-0.3, -0.25) is 0 Å². The zero-order valence-corrected chi connectivity index (χ0v) is 19.0. The zero-order chi connectivity index (χ0) is 25.1. The molecule has 34 heavy (non-hydrogen) atoms. The molecule has 0 saturated carbocycles. The van der Waals surface area contributed by atoms with Crippen LogP contribution in [0.2, 0.25) is 0 Å². The molecule has 0 aliphatic rings. The van der Waals surface area contributed by atoms with Crippen molar-refractivity contribution in [3.63, 3.8) is 0 Å². The molecule has 0 spiro atoms. The fourth-order valence-electron chi connectivity index (χ4n) is 3.34. The monoisotopic (exact) mass is 480 g/mol. The Morgan fingerprint density at radius 3 is 1.26 bits per heavy atom. The summed E-state index contributed by atoms with van der Waals surface area (Å²) < 4.78 is 78.4. The normalized spacial score (nSPS) is 12.5. The van der Waals surface area contributed by atoms with Crippen molar-refractivity contribution in [2.75, 3.05) is 10.6 Å². The lowest BCUT2D eigenvalue weighted by Crippen LogP contribution is -2.11. The van der Waals surface area contributed by atoms with E-state index in [0.29, 0.717) is 12.1 Å². The lowest BCUT2D eigenvalue weighted by Gasteiger charge is -2.19. The lowest BCUT2D eigenvalue weighted by molar-refractivity contribution is -0.138. The molecular formula is C26H26F6N2. The molecule has 0 fully saturated rings. The molecule has 0 amide bonds. The molecule has 0 atom stereocenters. The number of benzene rings is 3. The number of hydrogen-bond acceptors (Lipinski definition) is 2. The van der Waals surface area contributed by atoms with E-state index in [0.717, 1.165) is 35.4 Å². The Hall–Kier alpha value is -3.16. The molecular weight excluding hydrogens is 454 g/mol. The summed E-state index contributed by atoms with van der Waals surface area (Å²) >= 11 is 0. The lowest BCUT2D eigenvalue weighted by atomic mass is 9.87. The van der Waals surface area contributed by atoms with E-state index in [-0.39, 0.29) is 23.3 Å². The van der Waals surface area contributed by atoms with E-state index in [1.54, 1.807) is 6.07 Å². The Labute approximate surface area is 195 Å². The third-order valence-corrected chi connectivity index (χ3v) is 5.35. The molecule has 0 aliphatic carbocycles. The molecule has 0 unspecified atom stereocenters. The molecule has 0 bridgehead atoms. The first kappa shape index (κ1) is 25.5. The minimum Gasteiger partial charge on any atom is -0.381 e. The van der Waals surface area contributed by atoms with Gasteiger partial charge < -0.3 is 10.6 Å². The summed E-state index contributed by atoms with van der Waals surface area (Å²) in [6.07, 6.45) is -8.99. The van der Waals surface area contributed by atoms with Gasteiger partial charge in [-0.1, -0.05) is 57.2 Å². The average Bonchev–Trinajstić information content (AvgIpc) is 2.75. The SMILES string of the molecule is CC(C)(C)c1ccc(CNc2cc(NCc3ccc(C(F)(F)F)cc3)cc(C(F)(F)F)c2)cc1. The Balaban J connectivity index is 1.73. The van der Waals surface area contributed by atoms with Crippen LogP contribution in [-0.2, 0) is 30.9 Å². The number of halogens is 6. The highest BCUT2D eigenvalue weighted by Crippen LogP contribution is 2.34. The summed E-state index contributed by atoms with van der Waals surface area (Å²) in [6.45, 7) is 6.71. The number of anilines is 2. The molecule has 3 aromatic rings. The summed E-state index contributed by atoms with van der Waals surface area (Å²) in [4.78, 5) is 0. The fraction of sp³-hybridized carbons (Fsp3) is 0.308. The molecule has 2 nitrogen and oxygen atoms in total. The summed E-state index contributed by atoms with van der Waals surface area (Å²) in [5.74, 6) is 0. The maximum atomic E-state index is 13.4. The van der Waals surface area contributed by atoms with Gasteiger partial charge in [0.05, 0.1) is 11.1 Å². The van der Waals surface area contributed by atoms with E-state index in [1.165, 1.54) is 12.1 Å². The molecule has 3 aromatic carbocycles. The van der Waals surface area contributed by atoms with Gasteiger partial charge >= 0.3 is 12.4 Å². The van der Waals surface area contributed by atoms with Gasteiger partial charge in [0.25, 0.3) is 0 Å². The van der Waals surface area contributed by atoms with Gasteiger partial charge in [0.1, 0.15) is 0 Å².